The molecule has 102 valence electrons. The highest BCUT2D eigenvalue weighted by molar-refractivity contribution is 7.89. The zero-order valence-corrected chi connectivity index (χ0v) is 11.5. The molecule has 1 aromatic heterocycles. The summed E-state index contributed by atoms with van der Waals surface area (Å²) in [5.74, 6) is 0.321. The number of aromatic nitrogens is 1. The lowest BCUT2D eigenvalue weighted by Gasteiger charge is -2.16. The van der Waals surface area contributed by atoms with Crippen molar-refractivity contribution >= 4 is 10.0 Å². The largest absolute Gasteiger partial charge is 0.319 e. The number of nitrogens with zero attached hydrogens (tertiary/aromatic N) is 3. The van der Waals surface area contributed by atoms with Gasteiger partial charge in [0.25, 0.3) is 0 Å². The van der Waals surface area contributed by atoms with Crippen LogP contribution in [0.2, 0.25) is 0 Å². The summed E-state index contributed by atoms with van der Waals surface area (Å²) in [6.07, 6.45) is 2.26. The Morgan fingerprint density at radius 2 is 2.42 bits per heavy atom. The summed E-state index contributed by atoms with van der Waals surface area (Å²) >= 11 is 0. The van der Waals surface area contributed by atoms with Gasteiger partial charge in [-0.3, -0.25) is 0 Å². The lowest BCUT2D eigenvalue weighted by Crippen LogP contribution is -2.31. The van der Waals surface area contributed by atoms with Crippen molar-refractivity contribution in [1.29, 1.82) is 5.26 Å². The van der Waals surface area contributed by atoms with Gasteiger partial charge in [0, 0.05) is 19.3 Å². The van der Waals surface area contributed by atoms with Gasteiger partial charge >= 0.3 is 0 Å². The van der Waals surface area contributed by atoms with Crippen molar-refractivity contribution in [3.05, 3.63) is 24.0 Å². The van der Waals surface area contributed by atoms with Gasteiger partial charge in [0.1, 0.15) is 11.0 Å². The van der Waals surface area contributed by atoms with E-state index in [1.807, 2.05) is 13.1 Å². The molecule has 1 atom stereocenters. The van der Waals surface area contributed by atoms with Crippen molar-refractivity contribution in [2.75, 3.05) is 26.7 Å². The molecule has 0 spiro atoms. The quantitative estimate of drug-likeness (QED) is 0.850. The van der Waals surface area contributed by atoms with E-state index in [4.69, 9.17) is 5.26 Å². The van der Waals surface area contributed by atoms with Crippen LogP contribution in [0, 0.1) is 17.2 Å². The van der Waals surface area contributed by atoms with Crippen molar-refractivity contribution < 1.29 is 8.42 Å². The van der Waals surface area contributed by atoms with E-state index in [1.54, 1.807) is 0 Å². The predicted octanol–water partition coefficient (Wildman–Crippen LogP) is 0.183. The van der Waals surface area contributed by atoms with Crippen LogP contribution in [-0.4, -0.2) is 44.4 Å². The second-order valence-electron chi connectivity index (χ2n) is 4.54. The molecule has 1 aromatic rings. The second kappa shape index (κ2) is 5.65. The fourth-order valence-corrected chi connectivity index (χ4v) is 3.92. The Balaban J connectivity index is 2.27. The summed E-state index contributed by atoms with van der Waals surface area (Å²) < 4.78 is 26.4. The number of sulfonamides is 1. The molecule has 2 heterocycles. The maximum Gasteiger partial charge on any atom is 0.245 e. The molecule has 7 heteroatoms. The van der Waals surface area contributed by atoms with E-state index >= 15 is 0 Å². The molecule has 1 N–H and O–H groups in total. The second-order valence-corrected chi connectivity index (χ2v) is 6.44. The molecule has 0 saturated carbocycles. The molecule has 1 fully saturated rings. The zero-order valence-electron chi connectivity index (χ0n) is 10.7. The number of pyridine rings is 1. The Morgan fingerprint density at radius 3 is 3.11 bits per heavy atom. The molecule has 19 heavy (non-hydrogen) atoms. The first kappa shape index (κ1) is 13.9. The van der Waals surface area contributed by atoms with Crippen LogP contribution in [0.25, 0.3) is 0 Å². The van der Waals surface area contributed by atoms with E-state index < -0.39 is 10.0 Å². The maximum atomic E-state index is 12.5. The molecule has 0 aliphatic carbocycles. The molecular weight excluding hydrogens is 264 g/mol. The van der Waals surface area contributed by atoms with Gasteiger partial charge in [-0.15, -0.1) is 0 Å². The molecule has 1 aliphatic rings. The summed E-state index contributed by atoms with van der Waals surface area (Å²) in [6, 6.07) is 4.81. The summed E-state index contributed by atoms with van der Waals surface area (Å²) in [6.45, 7) is 1.78. The predicted molar refractivity (Wildman–Crippen MR) is 69.7 cm³/mol. The van der Waals surface area contributed by atoms with Crippen LogP contribution in [0.5, 0.6) is 0 Å². The third-order valence-electron chi connectivity index (χ3n) is 3.24. The first-order valence-electron chi connectivity index (χ1n) is 6.09. The van der Waals surface area contributed by atoms with E-state index in [2.05, 4.69) is 10.3 Å². The molecule has 2 rings (SSSR count). The normalized spacial score (nSPS) is 20.3. The molecular formula is C12H16N4O2S. The molecule has 1 unspecified atom stereocenters. The minimum Gasteiger partial charge on any atom is -0.319 e. The fraction of sp³-hybridized carbons (Fsp3) is 0.500. The highest BCUT2D eigenvalue weighted by Gasteiger charge is 2.33. The topological polar surface area (TPSA) is 86.1 Å². The molecule has 1 saturated heterocycles. The Kier molecular flexibility index (Phi) is 4.14. The SMILES string of the molecule is CNCC1CCN(S(=O)(=O)c2cccnc2C#N)C1. The van der Waals surface area contributed by atoms with Gasteiger partial charge in [-0.25, -0.2) is 13.4 Å². The van der Waals surface area contributed by atoms with Gasteiger partial charge in [0.2, 0.25) is 10.0 Å². The fourth-order valence-electron chi connectivity index (χ4n) is 2.29. The molecule has 0 aromatic carbocycles. The van der Waals surface area contributed by atoms with Gasteiger partial charge in [-0.05, 0) is 38.1 Å². The van der Waals surface area contributed by atoms with Crippen molar-refractivity contribution in [3.63, 3.8) is 0 Å². The van der Waals surface area contributed by atoms with Crippen LogP contribution in [0.3, 0.4) is 0 Å². The van der Waals surface area contributed by atoms with Crippen LogP contribution in [-0.2, 0) is 10.0 Å². The van der Waals surface area contributed by atoms with E-state index in [9.17, 15) is 8.42 Å². The average Bonchev–Trinajstić information content (AvgIpc) is 2.88. The minimum atomic E-state index is -3.61. The smallest absolute Gasteiger partial charge is 0.245 e. The van der Waals surface area contributed by atoms with Gasteiger partial charge < -0.3 is 5.32 Å². The Labute approximate surface area is 113 Å². The number of nitriles is 1. The highest BCUT2D eigenvalue weighted by Crippen LogP contribution is 2.25. The Morgan fingerprint density at radius 1 is 1.63 bits per heavy atom. The lowest BCUT2D eigenvalue weighted by molar-refractivity contribution is 0.451. The number of rotatable bonds is 4. The maximum absolute atomic E-state index is 12.5. The highest BCUT2D eigenvalue weighted by atomic mass is 32.2. The summed E-state index contributed by atoms with van der Waals surface area (Å²) in [5.41, 5.74) is -0.0421. The lowest BCUT2D eigenvalue weighted by atomic mass is 10.1. The van der Waals surface area contributed by atoms with Gasteiger partial charge in [0.15, 0.2) is 5.69 Å². The summed E-state index contributed by atoms with van der Waals surface area (Å²) in [7, 11) is -1.76. The number of hydrogen-bond donors (Lipinski definition) is 1. The molecule has 0 bridgehead atoms. The third-order valence-corrected chi connectivity index (χ3v) is 5.13. The number of hydrogen-bond acceptors (Lipinski definition) is 5. The van der Waals surface area contributed by atoms with E-state index in [0.29, 0.717) is 19.0 Å². The third kappa shape index (κ3) is 2.76. The molecule has 6 nitrogen and oxygen atoms in total. The van der Waals surface area contributed by atoms with E-state index in [0.717, 1.165) is 13.0 Å². The van der Waals surface area contributed by atoms with Crippen molar-refractivity contribution in [2.45, 2.75) is 11.3 Å². The minimum absolute atomic E-state index is 0.00241. The van der Waals surface area contributed by atoms with Crippen LogP contribution >= 0.6 is 0 Å². The van der Waals surface area contributed by atoms with Crippen LogP contribution in [0.15, 0.2) is 23.2 Å². The van der Waals surface area contributed by atoms with E-state index in [1.165, 1.54) is 22.6 Å². The first-order valence-corrected chi connectivity index (χ1v) is 7.53. The Bertz CT molecular complexity index is 594. The summed E-state index contributed by atoms with van der Waals surface area (Å²) in [5, 5.41) is 12.0. The average molecular weight is 280 g/mol. The van der Waals surface area contributed by atoms with Crippen molar-refractivity contribution in [1.82, 2.24) is 14.6 Å². The Hall–Kier alpha value is -1.49. The van der Waals surface area contributed by atoms with E-state index in [-0.39, 0.29) is 10.6 Å². The van der Waals surface area contributed by atoms with Gasteiger partial charge in [-0.1, -0.05) is 0 Å². The van der Waals surface area contributed by atoms with Crippen LogP contribution in [0.4, 0.5) is 0 Å². The molecule has 0 radical (unpaired) electrons. The van der Waals surface area contributed by atoms with Gasteiger partial charge in [0.05, 0.1) is 0 Å². The number of nitrogens with one attached hydrogen (secondary N) is 1. The summed E-state index contributed by atoms with van der Waals surface area (Å²) in [4.78, 5) is 3.81. The molecule has 0 amide bonds. The van der Waals surface area contributed by atoms with Crippen LogP contribution in [0.1, 0.15) is 12.1 Å². The monoisotopic (exact) mass is 280 g/mol. The van der Waals surface area contributed by atoms with Crippen molar-refractivity contribution in [2.24, 2.45) is 5.92 Å². The zero-order chi connectivity index (χ0) is 13.9. The van der Waals surface area contributed by atoms with Crippen LogP contribution < -0.4 is 5.32 Å². The van der Waals surface area contributed by atoms with Crippen molar-refractivity contribution in [3.8, 4) is 6.07 Å². The van der Waals surface area contributed by atoms with Gasteiger partial charge in [-0.2, -0.15) is 9.57 Å². The first-order chi connectivity index (χ1) is 9.09. The standard InChI is InChI=1S/C12H16N4O2S/c1-14-8-10-4-6-16(9-10)19(17,18)12-3-2-5-15-11(12)7-13/h2-3,5,10,14H,4,6,8-9H2,1H3. The molecule has 1 aliphatic heterocycles.